The molecule has 1 fully saturated rings. The molecule has 1 N–H and O–H groups in total. The molecule has 1 saturated heterocycles. The van der Waals surface area contributed by atoms with Crippen LogP contribution in [0.4, 0.5) is 10.5 Å². The van der Waals surface area contributed by atoms with Gasteiger partial charge in [-0.05, 0) is 73.5 Å². The molecular weight excluding hydrogens is 444 g/mol. The second-order valence-electron chi connectivity index (χ2n) is 7.23. The summed E-state index contributed by atoms with van der Waals surface area (Å²) >= 11 is 0.780. The number of nitrogens with one attached hydrogen (secondary N) is 1. The first-order valence-electron chi connectivity index (χ1n) is 10.3. The highest BCUT2D eigenvalue weighted by Gasteiger charge is 2.36. The Morgan fingerprint density at radius 1 is 1.09 bits per heavy atom. The maximum Gasteiger partial charge on any atom is 0.344 e. The molecule has 0 radical (unpaired) electrons. The maximum absolute atomic E-state index is 12.7. The van der Waals surface area contributed by atoms with E-state index in [4.69, 9.17) is 9.47 Å². The van der Waals surface area contributed by atoms with Crippen molar-refractivity contribution in [3.05, 3.63) is 64.1 Å². The van der Waals surface area contributed by atoms with Crippen LogP contribution >= 0.6 is 11.8 Å². The third-order valence-electron chi connectivity index (χ3n) is 4.89. The number of aryl methyl sites for hydroxylation is 1. The number of ether oxygens (including phenoxy) is 2. The first-order valence-corrected chi connectivity index (χ1v) is 11.1. The Kier molecular flexibility index (Phi) is 7.89. The molecule has 0 aromatic heterocycles. The van der Waals surface area contributed by atoms with Crippen molar-refractivity contribution in [3.63, 3.8) is 0 Å². The van der Waals surface area contributed by atoms with Gasteiger partial charge in [0, 0.05) is 5.69 Å². The van der Waals surface area contributed by atoms with Crippen molar-refractivity contribution in [2.24, 2.45) is 0 Å². The topological polar surface area (TPSA) is 102 Å². The number of carbonyl (C=O) groups excluding carboxylic acids is 4. The smallest absolute Gasteiger partial charge is 0.344 e. The van der Waals surface area contributed by atoms with Crippen LogP contribution in [0, 0.1) is 13.8 Å². The standard InChI is InChI=1S/C24H24N2O6S/c1-4-31-22(28)14-32-18-10-8-17(9-11-18)12-20-23(29)26(24(30)33-20)13-21(27)25-19-7-5-6-15(2)16(19)3/h5-12H,4,13-14H2,1-3H3,(H,25,27)/b20-12-. The Hall–Kier alpha value is -3.59. The molecule has 9 heteroatoms. The van der Waals surface area contributed by atoms with Crippen LogP contribution in [0.5, 0.6) is 5.75 Å². The lowest BCUT2D eigenvalue weighted by Crippen LogP contribution is -2.36. The van der Waals surface area contributed by atoms with E-state index in [1.807, 2.05) is 26.0 Å². The zero-order chi connectivity index (χ0) is 24.0. The van der Waals surface area contributed by atoms with E-state index in [-0.39, 0.29) is 24.7 Å². The van der Waals surface area contributed by atoms with Crippen molar-refractivity contribution < 1.29 is 28.7 Å². The number of nitrogens with zero attached hydrogens (tertiary/aromatic N) is 1. The average molecular weight is 469 g/mol. The van der Waals surface area contributed by atoms with Crippen molar-refractivity contribution in [2.45, 2.75) is 20.8 Å². The number of esters is 1. The number of carbonyl (C=O) groups is 4. The van der Waals surface area contributed by atoms with Crippen molar-refractivity contribution in [2.75, 3.05) is 25.1 Å². The summed E-state index contributed by atoms with van der Waals surface area (Å²) in [6.45, 7) is 5.26. The van der Waals surface area contributed by atoms with E-state index in [0.29, 0.717) is 17.0 Å². The molecule has 2 aromatic rings. The van der Waals surface area contributed by atoms with Gasteiger partial charge in [-0.25, -0.2) is 4.79 Å². The summed E-state index contributed by atoms with van der Waals surface area (Å²) in [4.78, 5) is 50.0. The lowest BCUT2D eigenvalue weighted by Gasteiger charge is -2.14. The van der Waals surface area contributed by atoms with Crippen molar-refractivity contribution in [1.82, 2.24) is 4.90 Å². The summed E-state index contributed by atoms with van der Waals surface area (Å²) in [6.07, 6.45) is 1.57. The van der Waals surface area contributed by atoms with Crippen LogP contribution in [0.25, 0.3) is 6.08 Å². The minimum absolute atomic E-state index is 0.198. The first kappa shape index (κ1) is 24.1. The summed E-state index contributed by atoms with van der Waals surface area (Å²) in [6, 6.07) is 12.2. The molecule has 33 heavy (non-hydrogen) atoms. The molecule has 172 valence electrons. The Balaban J connectivity index is 1.61. The minimum Gasteiger partial charge on any atom is -0.482 e. The molecular formula is C24H24N2O6S. The zero-order valence-corrected chi connectivity index (χ0v) is 19.4. The number of anilines is 1. The third-order valence-corrected chi connectivity index (χ3v) is 5.80. The normalized spacial score (nSPS) is 14.5. The van der Waals surface area contributed by atoms with Gasteiger partial charge in [0.25, 0.3) is 11.1 Å². The number of thioether (sulfide) groups is 1. The highest BCUT2D eigenvalue weighted by molar-refractivity contribution is 8.18. The predicted octanol–water partition coefficient (Wildman–Crippen LogP) is 3.92. The maximum atomic E-state index is 12.7. The van der Waals surface area contributed by atoms with Crippen LogP contribution in [0.3, 0.4) is 0 Å². The molecule has 1 heterocycles. The van der Waals surface area contributed by atoms with Gasteiger partial charge in [-0.1, -0.05) is 24.3 Å². The second kappa shape index (κ2) is 10.8. The van der Waals surface area contributed by atoms with E-state index in [0.717, 1.165) is 27.8 Å². The largest absolute Gasteiger partial charge is 0.482 e. The molecule has 1 aliphatic heterocycles. The number of hydrogen-bond donors (Lipinski definition) is 1. The summed E-state index contributed by atoms with van der Waals surface area (Å²) < 4.78 is 10.1. The van der Waals surface area contributed by atoms with Gasteiger partial charge in [-0.3, -0.25) is 19.3 Å². The quantitative estimate of drug-likeness (QED) is 0.463. The number of benzene rings is 2. The molecule has 8 nitrogen and oxygen atoms in total. The van der Waals surface area contributed by atoms with Crippen molar-refractivity contribution >= 4 is 46.5 Å². The minimum atomic E-state index is -0.524. The van der Waals surface area contributed by atoms with Crippen LogP contribution in [0.15, 0.2) is 47.4 Å². The summed E-state index contributed by atoms with van der Waals surface area (Å²) in [5.74, 6) is -0.965. The molecule has 3 rings (SSSR count). The van der Waals surface area contributed by atoms with Crippen LogP contribution in [0.2, 0.25) is 0 Å². The summed E-state index contributed by atoms with van der Waals surface area (Å²) in [5.41, 5.74) is 3.27. The fourth-order valence-corrected chi connectivity index (χ4v) is 3.85. The summed E-state index contributed by atoms with van der Waals surface area (Å²) in [7, 11) is 0. The molecule has 1 aliphatic rings. The van der Waals surface area contributed by atoms with Gasteiger partial charge in [0.15, 0.2) is 6.61 Å². The fraction of sp³-hybridized carbons (Fsp3) is 0.250. The number of hydrogen-bond acceptors (Lipinski definition) is 7. The number of rotatable bonds is 8. The van der Waals surface area contributed by atoms with Crippen molar-refractivity contribution in [1.29, 1.82) is 0 Å². The summed E-state index contributed by atoms with van der Waals surface area (Å²) in [5, 5.41) is 2.25. The van der Waals surface area contributed by atoms with Crippen LogP contribution < -0.4 is 10.1 Å². The second-order valence-corrected chi connectivity index (χ2v) is 8.22. The molecule has 0 spiro atoms. The average Bonchev–Trinajstić information content (AvgIpc) is 3.04. The van der Waals surface area contributed by atoms with Crippen LogP contribution in [-0.4, -0.2) is 47.7 Å². The van der Waals surface area contributed by atoms with Gasteiger partial charge in [-0.2, -0.15) is 0 Å². The zero-order valence-electron chi connectivity index (χ0n) is 18.5. The lowest BCUT2D eigenvalue weighted by atomic mass is 10.1. The molecule has 0 unspecified atom stereocenters. The molecule has 0 saturated carbocycles. The van der Waals surface area contributed by atoms with E-state index in [1.165, 1.54) is 0 Å². The third kappa shape index (κ3) is 6.23. The van der Waals surface area contributed by atoms with E-state index >= 15 is 0 Å². The van der Waals surface area contributed by atoms with E-state index in [1.54, 1.807) is 43.3 Å². The van der Waals surface area contributed by atoms with Gasteiger partial charge < -0.3 is 14.8 Å². The predicted molar refractivity (Wildman–Crippen MR) is 126 cm³/mol. The van der Waals surface area contributed by atoms with E-state index in [9.17, 15) is 19.2 Å². The highest BCUT2D eigenvalue weighted by Crippen LogP contribution is 2.32. The van der Waals surface area contributed by atoms with Gasteiger partial charge in [0.05, 0.1) is 11.5 Å². The Bertz CT molecular complexity index is 1110. The molecule has 0 atom stereocenters. The van der Waals surface area contributed by atoms with E-state index < -0.39 is 23.0 Å². The van der Waals surface area contributed by atoms with Crippen LogP contribution in [-0.2, 0) is 19.1 Å². The number of imide groups is 1. The first-order chi connectivity index (χ1) is 15.8. The Labute approximate surface area is 195 Å². The molecule has 0 aliphatic carbocycles. The monoisotopic (exact) mass is 468 g/mol. The van der Waals surface area contributed by atoms with Crippen molar-refractivity contribution in [3.8, 4) is 5.75 Å². The molecule has 3 amide bonds. The van der Waals surface area contributed by atoms with Gasteiger partial charge in [0.2, 0.25) is 5.91 Å². The number of amides is 3. The fourth-order valence-electron chi connectivity index (χ4n) is 3.01. The van der Waals surface area contributed by atoms with Gasteiger partial charge >= 0.3 is 5.97 Å². The SMILES string of the molecule is CCOC(=O)COc1ccc(/C=C2\SC(=O)N(CC(=O)Nc3cccc(C)c3C)C2=O)cc1. The lowest BCUT2D eigenvalue weighted by molar-refractivity contribution is -0.145. The molecule has 2 aromatic carbocycles. The van der Waals surface area contributed by atoms with E-state index in [2.05, 4.69) is 5.32 Å². The highest BCUT2D eigenvalue weighted by atomic mass is 32.2. The Morgan fingerprint density at radius 2 is 1.82 bits per heavy atom. The van der Waals surface area contributed by atoms with Gasteiger partial charge in [-0.15, -0.1) is 0 Å². The van der Waals surface area contributed by atoms with Crippen LogP contribution in [0.1, 0.15) is 23.6 Å². The molecule has 0 bridgehead atoms. The van der Waals surface area contributed by atoms with Gasteiger partial charge in [0.1, 0.15) is 12.3 Å². The Morgan fingerprint density at radius 3 is 2.52 bits per heavy atom.